The van der Waals surface area contributed by atoms with Gasteiger partial charge in [-0.05, 0) is 32.6 Å². The van der Waals surface area contributed by atoms with E-state index in [0.717, 1.165) is 31.6 Å². The maximum Gasteiger partial charge on any atom is 0.222 e. The van der Waals surface area contributed by atoms with E-state index in [1.54, 1.807) is 0 Å². The highest BCUT2D eigenvalue weighted by Crippen LogP contribution is 2.15. The summed E-state index contributed by atoms with van der Waals surface area (Å²) in [5, 5.41) is 0. The minimum absolute atomic E-state index is 0.306. The summed E-state index contributed by atoms with van der Waals surface area (Å²) in [5.41, 5.74) is 1.11. The molecule has 0 aliphatic carbocycles. The lowest BCUT2D eigenvalue weighted by Crippen LogP contribution is -2.29. The molecule has 1 rings (SSSR count). The summed E-state index contributed by atoms with van der Waals surface area (Å²) in [6, 6.07) is 0.341. The maximum atomic E-state index is 11.9. The van der Waals surface area contributed by atoms with Gasteiger partial charge < -0.3 is 4.90 Å². The van der Waals surface area contributed by atoms with Gasteiger partial charge in [0, 0.05) is 25.2 Å². The number of likely N-dealkylation sites (tertiary alicyclic amines) is 1. The second-order valence-corrected chi connectivity index (χ2v) is 5.29. The molecule has 16 heavy (non-hydrogen) atoms. The van der Waals surface area contributed by atoms with E-state index >= 15 is 0 Å². The molecular formula is C13H24N2O. The molecule has 1 atom stereocenters. The van der Waals surface area contributed by atoms with E-state index in [0.29, 0.717) is 24.3 Å². The fourth-order valence-corrected chi connectivity index (χ4v) is 2.01. The molecule has 1 fully saturated rings. The van der Waals surface area contributed by atoms with Crippen LogP contribution in [0.2, 0.25) is 0 Å². The van der Waals surface area contributed by atoms with Crippen LogP contribution in [-0.4, -0.2) is 35.7 Å². The van der Waals surface area contributed by atoms with Gasteiger partial charge in [-0.2, -0.15) is 0 Å². The summed E-state index contributed by atoms with van der Waals surface area (Å²) in [4.78, 5) is 18.4. The molecular weight excluding hydrogens is 200 g/mol. The normalized spacial score (nSPS) is 20.3. The quantitative estimate of drug-likeness (QED) is 0.675. The summed E-state index contributed by atoms with van der Waals surface area (Å²) in [7, 11) is 0. The third-order valence-corrected chi connectivity index (χ3v) is 2.89. The Hall–Kier alpha value is -0.860. The van der Waals surface area contributed by atoms with Gasteiger partial charge in [-0.15, -0.1) is 0 Å². The Morgan fingerprint density at radius 3 is 2.69 bits per heavy atom. The van der Waals surface area contributed by atoms with Crippen LogP contribution in [0.1, 0.15) is 47.0 Å². The average Bonchev–Trinajstić information content (AvgIpc) is 2.61. The number of carbonyl (C=O) groups is 1. The second-order valence-electron chi connectivity index (χ2n) is 5.29. The minimum Gasteiger partial charge on any atom is -0.340 e. The van der Waals surface area contributed by atoms with Crippen molar-refractivity contribution < 1.29 is 4.79 Å². The first-order valence-electron chi connectivity index (χ1n) is 6.27. The molecule has 0 bridgehead atoms. The van der Waals surface area contributed by atoms with E-state index in [9.17, 15) is 4.79 Å². The van der Waals surface area contributed by atoms with Gasteiger partial charge in [0.25, 0.3) is 0 Å². The van der Waals surface area contributed by atoms with Crippen LogP contribution in [0.3, 0.4) is 0 Å². The molecule has 0 aromatic rings. The molecule has 3 nitrogen and oxygen atoms in total. The van der Waals surface area contributed by atoms with Crippen molar-refractivity contribution in [2.75, 3.05) is 13.1 Å². The molecule has 0 N–H and O–H groups in total. The van der Waals surface area contributed by atoms with Gasteiger partial charge in [-0.1, -0.05) is 13.8 Å². The fraction of sp³-hybridized carbons (Fsp3) is 0.846. The second kappa shape index (κ2) is 6.02. The highest BCUT2D eigenvalue weighted by molar-refractivity contribution is 5.79. The molecule has 1 saturated heterocycles. The van der Waals surface area contributed by atoms with Crippen molar-refractivity contribution in [3.63, 3.8) is 0 Å². The standard InChI is InChI=1S/C13H24N2O/c1-10(2)5-6-13(16)15-8-7-12(9-15)14-11(3)4/h10,12H,5-9H2,1-4H3. The van der Waals surface area contributed by atoms with Gasteiger partial charge in [0.05, 0.1) is 6.04 Å². The number of amides is 1. The Bertz CT molecular complexity index is 267. The van der Waals surface area contributed by atoms with Gasteiger partial charge in [-0.25, -0.2) is 0 Å². The Kier molecular flexibility index (Phi) is 4.97. The van der Waals surface area contributed by atoms with Crippen molar-refractivity contribution in [1.82, 2.24) is 4.90 Å². The first kappa shape index (κ1) is 13.2. The number of nitrogens with zero attached hydrogens (tertiary/aromatic N) is 2. The zero-order valence-electron chi connectivity index (χ0n) is 11.0. The largest absolute Gasteiger partial charge is 0.340 e. The van der Waals surface area contributed by atoms with Crippen LogP contribution in [0.15, 0.2) is 4.99 Å². The van der Waals surface area contributed by atoms with Crippen molar-refractivity contribution in [2.45, 2.75) is 53.0 Å². The van der Waals surface area contributed by atoms with Gasteiger partial charge >= 0.3 is 0 Å². The lowest BCUT2D eigenvalue weighted by atomic mass is 10.1. The topological polar surface area (TPSA) is 32.7 Å². The summed E-state index contributed by atoms with van der Waals surface area (Å²) >= 11 is 0. The van der Waals surface area contributed by atoms with Crippen LogP contribution in [0.25, 0.3) is 0 Å². The Labute approximate surface area is 98.9 Å². The molecule has 1 heterocycles. The summed E-state index contributed by atoms with van der Waals surface area (Å²) < 4.78 is 0. The predicted molar refractivity (Wildman–Crippen MR) is 67.8 cm³/mol. The van der Waals surface area contributed by atoms with E-state index in [4.69, 9.17) is 0 Å². The van der Waals surface area contributed by atoms with Gasteiger partial charge in [0.2, 0.25) is 5.91 Å². The number of rotatable bonds is 4. The van der Waals surface area contributed by atoms with Crippen molar-refractivity contribution in [1.29, 1.82) is 0 Å². The number of aliphatic imine (C=N–C) groups is 1. The third kappa shape index (κ3) is 4.33. The Morgan fingerprint density at radius 2 is 2.12 bits per heavy atom. The molecule has 3 heteroatoms. The van der Waals surface area contributed by atoms with Crippen LogP contribution < -0.4 is 0 Å². The molecule has 0 aromatic carbocycles. The van der Waals surface area contributed by atoms with Crippen LogP contribution in [-0.2, 0) is 4.79 Å². The first-order chi connectivity index (χ1) is 7.49. The van der Waals surface area contributed by atoms with Crippen LogP contribution >= 0.6 is 0 Å². The van der Waals surface area contributed by atoms with E-state index in [2.05, 4.69) is 18.8 Å². The number of carbonyl (C=O) groups excluding carboxylic acids is 1. The van der Waals surface area contributed by atoms with Gasteiger partial charge in [0.1, 0.15) is 0 Å². The highest BCUT2D eigenvalue weighted by atomic mass is 16.2. The average molecular weight is 224 g/mol. The summed E-state index contributed by atoms with van der Waals surface area (Å²) in [5.74, 6) is 0.915. The van der Waals surface area contributed by atoms with E-state index < -0.39 is 0 Å². The van der Waals surface area contributed by atoms with Gasteiger partial charge in [0.15, 0.2) is 0 Å². The molecule has 1 aliphatic heterocycles. The Morgan fingerprint density at radius 1 is 1.44 bits per heavy atom. The maximum absolute atomic E-state index is 11.9. The zero-order chi connectivity index (χ0) is 12.1. The van der Waals surface area contributed by atoms with Gasteiger partial charge in [-0.3, -0.25) is 9.79 Å². The lowest BCUT2D eigenvalue weighted by molar-refractivity contribution is -0.130. The van der Waals surface area contributed by atoms with Crippen LogP contribution in [0.4, 0.5) is 0 Å². The van der Waals surface area contributed by atoms with Crippen LogP contribution in [0, 0.1) is 5.92 Å². The lowest BCUT2D eigenvalue weighted by Gasteiger charge is -2.16. The zero-order valence-corrected chi connectivity index (χ0v) is 11.0. The number of hydrogen-bond acceptors (Lipinski definition) is 2. The minimum atomic E-state index is 0.306. The third-order valence-electron chi connectivity index (χ3n) is 2.89. The van der Waals surface area contributed by atoms with Crippen LogP contribution in [0.5, 0.6) is 0 Å². The molecule has 0 radical (unpaired) electrons. The van der Waals surface area contributed by atoms with E-state index in [1.807, 2.05) is 18.7 Å². The number of hydrogen-bond donors (Lipinski definition) is 0. The molecule has 0 aromatic heterocycles. The monoisotopic (exact) mass is 224 g/mol. The summed E-state index contributed by atoms with van der Waals surface area (Å²) in [6.45, 7) is 10.1. The van der Waals surface area contributed by atoms with Crippen molar-refractivity contribution in [3.05, 3.63) is 0 Å². The van der Waals surface area contributed by atoms with E-state index in [1.165, 1.54) is 0 Å². The highest BCUT2D eigenvalue weighted by Gasteiger charge is 2.25. The van der Waals surface area contributed by atoms with Crippen molar-refractivity contribution in [2.24, 2.45) is 10.9 Å². The van der Waals surface area contributed by atoms with Crippen molar-refractivity contribution in [3.8, 4) is 0 Å². The molecule has 1 amide bonds. The summed E-state index contributed by atoms with van der Waals surface area (Å²) in [6.07, 6.45) is 2.72. The fourth-order valence-electron chi connectivity index (χ4n) is 2.01. The van der Waals surface area contributed by atoms with Crippen molar-refractivity contribution >= 4 is 11.6 Å². The smallest absolute Gasteiger partial charge is 0.222 e. The van der Waals surface area contributed by atoms with E-state index in [-0.39, 0.29) is 0 Å². The molecule has 0 saturated carbocycles. The molecule has 1 aliphatic rings. The predicted octanol–water partition coefficient (Wildman–Crippen LogP) is 2.50. The first-order valence-corrected chi connectivity index (χ1v) is 6.27. The SMILES string of the molecule is CC(C)=NC1CCN(C(=O)CCC(C)C)C1. The Balaban J connectivity index is 2.35. The molecule has 92 valence electrons. The molecule has 0 spiro atoms. The molecule has 1 unspecified atom stereocenters.